The van der Waals surface area contributed by atoms with Gasteiger partial charge in [0.2, 0.25) is 0 Å². The summed E-state index contributed by atoms with van der Waals surface area (Å²) in [7, 11) is 0. The molecule has 0 saturated carbocycles. The van der Waals surface area contributed by atoms with Crippen molar-refractivity contribution >= 4 is 16.8 Å². The first-order chi connectivity index (χ1) is 9.78. The number of fused-ring (bicyclic) bond motifs is 1. The van der Waals surface area contributed by atoms with E-state index in [0.29, 0.717) is 17.1 Å². The number of nitrogens with one attached hydrogen (secondary N) is 1. The number of hydrogen-bond acceptors (Lipinski definition) is 5. The molecule has 2 aromatic heterocycles. The first kappa shape index (κ1) is 12.2. The summed E-state index contributed by atoms with van der Waals surface area (Å²) in [5.74, 6) is 5.35. The van der Waals surface area contributed by atoms with E-state index in [0.717, 1.165) is 10.9 Å². The number of carbonyl (C=O) groups is 1. The van der Waals surface area contributed by atoms with E-state index in [9.17, 15) is 4.79 Å². The standard InChI is InChI=1S/C14H11N5O/c15-19-14(20)10-3-4-11-9(8-10)2-5-12(18-11)13-16-6-1-7-17-13/h1-8H,15H2,(H,19,20). The number of hydrogen-bond donors (Lipinski definition) is 2. The zero-order valence-corrected chi connectivity index (χ0v) is 10.4. The highest BCUT2D eigenvalue weighted by molar-refractivity contribution is 5.97. The lowest BCUT2D eigenvalue weighted by Crippen LogP contribution is -2.29. The lowest BCUT2D eigenvalue weighted by molar-refractivity contribution is 0.0954. The smallest absolute Gasteiger partial charge is 0.265 e. The summed E-state index contributed by atoms with van der Waals surface area (Å²) in [5, 5.41) is 0.853. The van der Waals surface area contributed by atoms with Crippen molar-refractivity contribution in [1.29, 1.82) is 0 Å². The van der Waals surface area contributed by atoms with Crippen LogP contribution < -0.4 is 11.3 Å². The largest absolute Gasteiger partial charge is 0.290 e. The molecule has 3 rings (SSSR count). The van der Waals surface area contributed by atoms with E-state index in [-0.39, 0.29) is 5.91 Å². The minimum atomic E-state index is -0.331. The van der Waals surface area contributed by atoms with Crippen LogP contribution in [0.15, 0.2) is 48.8 Å². The van der Waals surface area contributed by atoms with Gasteiger partial charge in [-0.1, -0.05) is 6.07 Å². The van der Waals surface area contributed by atoms with Crippen LogP contribution in [0.4, 0.5) is 0 Å². The molecule has 2 heterocycles. The second-order valence-electron chi connectivity index (χ2n) is 4.15. The van der Waals surface area contributed by atoms with Crippen LogP contribution in [0.3, 0.4) is 0 Å². The van der Waals surface area contributed by atoms with Gasteiger partial charge < -0.3 is 0 Å². The van der Waals surface area contributed by atoms with Crippen molar-refractivity contribution < 1.29 is 4.79 Å². The van der Waals surface area contributed by atoms with Crippen molar-refractivity contribution in [3.8, 4) is 11.5 Å². The van der Waals surface area contributed by atoms with Gasteiger partial charge in [-0.3, -0.25) is 10.2 Å². The maximum absolute atomic E-state index is 11.5. The van der Waals surface area contributed by atoms with E-state index in [1.54, 1.807) is 36.7 Å². The fourth-order valence-corrected chi connectivity index (χ4v) is 1.91. The van der Waals surface area contributed by atoms with Gasteiger partial charge in [0.15, 0.2) is 5.82 Å². The normalized spacial score (nSPS) is 10.4. The average Bonchev–Trinajstić information content (AvgIpc) is 2.54. The highest BCUT2D eigenvalue weighted by atomic mass is 16.2. The molecule has 6 nitrogen and oxygen atoms in total. The molecule has 20 heavy (non-hydrogen) atoms. The van der Waals surface area contributed by atoms with Gasteiger partial charge in [-0.25, -0.2) is 20.8 Å². The van der Waals surface area contributed by atoms with Crippen LogP contribution >= 0.6 is 0 Å². The van der Waals surface area contributed by atoms with Crippen LogP contribution in [0.5, 0.6) is 0 Å². The van der Waals surface area contributed by atoms with Gasteiger partial charge in [0.05, 0.1) is 5.52 Å². The molecular formula is C14H11N5O. The quantitative estimate of drug-likeness (QED) is 0.414. The van der Waals surface area contributed by atoms with E-state index >= 15 is 0 Å². The van der Waals surface area contributed by atoms with Crippen molar-refractivity contribution in [3.63, 3.8) is 0 Å². The Hall–Kier alpha value is -2.86. The Morgan fingerprint density at radius 3 is 2.65 bits per heavy atom. The number of nitrogens with zero attached hydrogens (tertiary/aromatic N) is 3. The first-order valence-electron chi connectivity index (χ1n) is 5.97. The van der Waals surface area contributed by atoms with Crippen LogP contribution in [0.25, 0.3) is 22.4 Å². The molecule has 6 heteroatoms. The van der Waals surface area contributed by atoms with Gasteiger partial charge in [0.1, 0.15) is 5.69 Å². The molecule has 3 N–H and O–H groups in total. The molecule has 0 aliphatic rings. The van der Waals surface area contributed by atoms with Crippen LogP contribution in [0.1, 0.15) is 10.4 Å². The zero-order chi connectivity index (χ0) is 13.9. The van der Waals surface area contributed by atoms with Crippen molar-refractivity contribution in [1.82, 2.24) is 20.4 Å². The summed E-state index contributed by atoms with van der Waals surface area (Å²) in [6, 6.07) is 10.6. The van der Waals surface area contributed by atoms with Gasteiger partial charge in [-0.05, 0) is 30.3 Å². The third kappa shape index (κ3) is 2.19. The van der Waals surface area contributed by atoms with Gasteiger partial charge in [0, 0.05) is 23.3 Å². The molecule has 0 saturated heterocycles. The van der Waals surface area contributed by atoms with Crippen molar-refractivity contribution in [3.05, 3.63) is 54.4 Å². The first-order valence-corrected chi connectivity index (χ1v) is 5.97. The number of aromatic nitrogens is 3. The SMILES string of the molecule is NNC(=O)c1ccc2nc(-c3ncccn3)ccc2c1. The molecule has 0 aliphatic carbocycles. The Balaban J connectivity index is 2.07. The molecular weight excluding hydrogens is 254 g/mol. The average molecular weight is 265 g/mol. The highest BCUT2D eigenvalue weighted by Crippen LogP contribution is 2.19. The summed E-state index contributed by atoms with van der Waals surface area (Å²) < 4.78 is 0. The Morgan fingerprint density at radius 2 is 1.90 bits per heavy atom. The maximum Gasteiger partial charge on any atom is 0.265 e. The highest BCUT2D eigenvalue weighted by Gasteiger charge is 2.07. The third-order valence-electron chi connectivity index (χ3n) is 2.88. The lowest BCUT2D eigenvalue weighted by atomic mass is 10.1. The second-order valence-corrected chi connectivity index (χ2v) is 4.15. The summed E-state index contributed by atoms with van der Waals surface area (Å²) in [5.41, 5.74) is 4.05. The minimum Gasteiger partial charge on any atom is -0.290 e. The monoisotopic (exact) mass is 265 g/mol. The van der Waals surface area contributed by atoms with E-state index in [2.05, 4.69) is 20.4 Å². The molecule has 0 unspecified atom stereocenters. The number of amides is 1. The summed E-state index contributed by atoms with van der Waals surface area (Å²) >= 11 is 0. The van der Waals surface area contributed by atoms with Crippen LogP contribution in [0.2, 0.25) is 0 Å². The Morgan fingerprint density at radius 1 is 1.10 bits per heavy atom. The van der Waals surface area contributed by atoms with Gasteiger partial charge >= 0.3 is 0 Å². The number of hydrazine groups is 1. The molecule has 0 aliphatic heterocycles. The number of rotatable bonds is 2. The molecule has 1 aromatic carbocycles. The second kappa shape index (κ2) is 5.02. The Kier molecular flexibility index (Phi) is 3.06. The molecule has 0 spiro atoms. The predicted octanol–water partition coefficient (Wildman–Crippen LogP) is 1.30. The summed E-state index contributed by atoms with van der Waals surface area (Å²) in [4.78, 5) is 24.3. The topological polar surface area (TPSA) is 93.8 Å². The van der Waals surface area contributed by atoms with E-state index in [1.165, 1.54) is 0 Å². The fourth-order valence-electron chi connectivity index (χ4n) is 1.91. The van der Waals surface area contributed by atoms with Crippen molar-refractivity contribution in [2.24, 2.45) is 5.84 Å². The van der Waals surface area contributed by atoms with Crippen LogP contribution in [-0.4, -0.2) is 20.9 Å². The third-order valence-corrected chi connectivity index (χ3v) is 2.88. The summed E-state index contributed by atoms with van der Waals surface area (Å²) in [6.07, 6.45) is 3.34. The maximum atomic E-state index is 11.5. The van der Waals surface area contributed by atoms with Gasteiger partial charge in [-0.2, -0.15) is 0 Å². The molecule has 0 radical (unpaired) electrons. The number of pyridine rings is 1. The molecule has 1 amide bonds. The fraction of sp³-hybridized carbons (Fsp3) is 0. The number of benzene rings is 1. The number of carbonyl (C=O) groups excluding carboxylic acids is 1. The van der Waals surface area contributed by atoms with E-state index < -0.39 is 0 Å². The zero-order valence-electron chi connectivity index (χ0n) is 10.4. The number of nitrogens with two attached hydrogens (primary N) is 1. The predicted molar refractivity (Wildman–Crippen MR) is 74.4 cm³/mol. The molecule has 0 fully saturated rings. The van der Waals surface area contributed by atoms with Crippen molar-refractivity contribution in [2.75, 3.05) is 0 Å². The molecule has 0 bridgehead atoms. The Labute approximate surface area is 114 Å². The summed E-state index contributed by atoms with van der Waals surface area (Å²) in [6.45, 7) is 0. The van der Waals surface area contributed by atoms with Gasteiger partial charge in [-0.15, -0.1) is 0 Å². The van der Waals surface area contributed by atoms with Crippen molar-refractivity contribution in [2.45, 2.75) is 0 Å². The molecule has 3 aromatic rings. The number of nitrogen functional groups attached to an aromatic ring is 1. The van der Waals surface area contributed by atoms with Crippen LogP contribution in [-0.2, 0) is 0 Å². The minimum absolute atomic E-state index is 0.331. The molecule has 0 atom stereocenters. The Bertz CT molecular complexity index is 773. The molecule has 98 valence electrons. The van der Waals surface area contributed by atoms with Crippen LogP contribution in [0, 0.1) is 0 Å². The lowest BCUT2D eigenvalue weighted by Gasteiger charge is -2.04. The van der Waals surface area contributed by atoms with Gasteiger partial charge in [0.25, 0.3) is 5.91 Å². The van der Waals surface area contributed by atoms with E-state index in [1.807, 2.05) is 12.1 Å². The van der Waals surface area contributed by atoms with E-state index in [4.69, 9.17) is 5.84 Å².